The summed E-state index contributed by atoms with van der Waals surface area (Å²) in [4.78, 5) is 13.7. The van der Waals surface area contributed by atoms with Crippen molar-refractivity contribution in [2.45, 2.75) is 37.4 Å². The molecule has 1 heterocycles. The zero-order valence-corrected chi connectivity index (χ0v) is 16.4. The predicted molar refractivity (Wildman–Crippen MR) is 103 cm³/mol. The maximum Gasteiger partial charge on any atom is 0.251 e. The average molecular weight is 409 g/mol. The Morgan fingerprint density at radius 1 is 1.22 bits per heavy atom. The van der Waals surface area contributed by atoms with Crippen molar-refractivity contribution in [3.8, 4) is 0 Å². The van der Waals surface area contributed by atoms with Gasteiger partial charge < -0.3 is 10.0 Å². The molecule has 0 aromatic heterocycles. The minimum absolute atomic E-state index is 0.154. The minimum Gasteiger partial charge on any atom is -0.384 e. The molecule has 0 fully saturated rings. The molecule has 1 aliphatic rings. The van der Waals surface area contributed by atoms with Crippen molar-refractivity contribution in [3.05, 3.63) is 64.2 Å². The van der Waals surface area contributed by atoms with Crippen LogP contribution in [0, 0.1) is 0 Å². The molecule has 8 heteroatoms. The summed E-state index contributed by atoms with van der Waals surface area (Å²) in [5.41, 5.74) is 2.60. The lowest BCUT2D eigenvalue weighted by atomic mass is 9.99. The van der Waals surface area contributed by atoms with Crippen molar-refractivity contribution >= 4 is 27.5 Å². The van der Waals surface area contributed by atoms with Crippen molar-refractivity contribution in [1.82, 2.24) is 9.62 Å². The van der Waals surface area contributed by atoms with Gasteiger partial charge >= 0.3 is 0 Å². The van der Waals surface area contributed by atoms with E-state index in [9.17, 15) is 18.3 Å². The van der Waals surface area contributed by atoms with Gasteiger partial charge in [-0.15, -0.1) is 0 Å². The highest BCUT2D eigenvalue weighted by atomic mass is 35.5. The monoisotopic (exact) mass is 408 g/mol. The molecule has 0 bridgehead atoms. The van der Waals surface area contributed by atoms with Gasteiger partial charge in [0.05, 0.1) is 4.90 Å². The summed E-state index contributed by atoms with van der Waals surface area (Å²) in [7, 11) is -3.69. The van der Waals surface area contributed by atoms with E-state index in [4.69, 9.17) is 11.6 Å². The summed E-state index contributed by atoms with van der Waals surface area (Å²) >= 11 is 5.84. The Morgan fingerprint density at radius 3 is 2.59 bits per heavy atom. The van der Waals surface area contributed by atoms with E-state index >= 15 is 0 Å². The lowest BCUT2D eigenvalue weighted by Gasteiger charge is -2.30. The maximum atomic E-state index is 12.6. The molecule has 1 atom stereocenters. The fourth-order valence-corrected chi connectivity index (χ4v) is 4.21. The van der Waals surface area contributed by atoms with E-state index in [-0.39, 0.29) is 17.3 Å². The molecule has 0 saturated carbocycles. The summed E-state index contributed by atoms with van der Waals surface area (Å²) < 4.78 is 27.8. The number of rotatable bonds is 5. The van der Waals surface area contributed by atoms with Crippen LogP contribution >= 0.6 is 11.6 Å². The molecule has 2 N–H and O–H groups in total. The Kier molecular flexibility index (Phi) is 5.86. The number of hydrogen-bond acceptors (Lipinski definition) is 4. The quantitative estimate of drug-likeness (QED) is 0.793. The molecule has 1 amide bonds. The first-order valence-corrected chi connectivity index (χ1v) is 10.4. The lowest BCUT2D eigenvalue weighted by molar-refractivity contribution is -0.140. The van der Waals surface area contributed by atoms with Crippen molar-refractivity contribution in [3.63, 3.8) is 0 Å². The molecule has 0 saturated heterocycles. The first-order chi connectivity index (χ1) is 12.8. The molecule has 1 aliphatic heterocycles. The molecule has 2 aromatic carbocycles. The molecule has 6 nitrogen and oxygen atoms in total. The topological polar surface area (TPSA) is 86.7 Å². The third-order valence-corrected chi connectivity index (χ3v) is 6.20. The zero-order chi connectivity index (χ0) is 19.6. The molecule has 0 aliphatic carbocycles. The lowest BCUT2D eigenvalue weighted by Crippen LogP contribution is -2.41. The van der Waals surface area contributed by atoms with Crippen molar-refractivity contribution in [2.24, 2.45) is 0 Å². The molecule has 0 radical (unpaired) electrons. The van der Waals surface area contributed by atoms with Gasteiger partial charge in [0, 0.05) is 24.7 Å². The van der Waals surface area contributed by atoms with E-state index in [0.29, 0.717) is 24.5 Å². The number of nitrogens with zero attached hydrogens (tertiary/aromatic N) is 1. The van der Waals surface area contributed by atoms with Crippen LogP contribution in [0.25, 0.3) is 0 Å². The second kappa shape index (κ2) is 7.98. The number of hydrogen-bond donors (Lipinski definition) is 2. The highest BCUT2D eigenvalue weighted by molar-refractivity contribution is 7.89. The summed E-state index contributed by atoms with van der Waals surface area (Å²) in [6, 6.07) is 11.9. The van der Waals surface area contributed by atoms with E-state index < -0.39 is 16.1 Å². The van der Waals surface area contributed by atoms with Crippen LogP contribution in [0.1, 0.15) is 23.6 Å². The number of aliphatic hydroxyl groups excluding tert-OH is 1. The number of fused-ring (bicyclic) bond motifs is 1. The van der Waals surface area contributed by atoms with Gasteiger partial charge in [-0.1, -0.05) is 29.8 Å². The van der Waals surface area contributed by atoms with Crippen molar-refractivity contribution in [1.29, 1.82) is 0 Å². The highest BCUT2D eigenvalue weighted by Gasteiger charge is 2.25. The number of carbonyl (C=O) groups excluding carboxylic acids is 1. The van der Waals surface area contributed by atoms with Crippen LogP contribution in [0.5, 0.6) is 0 Å². The molecule has 2 aromatic rings. The van der Waals surface area contributed by atoms with E-state index in [1.165, 1.54) is 6.92 Å². The van der Waals surface area contributed by atoms with Gasteiger partial charge in [-0.3, -0.25) is 4.79 Å². The van der Waals surface area contributed by atoms with Crippen LogP contribution in [0.4, 0.5) is 0 Å². The first-order valence-electron chi connectivity index (χ1n) is 8.59. The van der Waals surface area contributed by atoms with E-state index in [2.05, 4.69) is 4.72 Å². The molecule has 144 valence electrons. The van der Waals surface area contributed by atoms with Crippen LogP contribution in [-0.2, 0) is 34.3 Å². The molecular weight excluding hydrogens is 388 g/mol. The Morgan fingerprint density at radius 2 is 1.93 bits per heavy atom. The number of sulfonamides is 1. The fraction of sp³-hybridized carbons (Fsp3) is 0.316. The van der Waals surface area contributed by atoms with Crippen LogP contribution in [0.3, 0.4) is 0 Å². The van der Waals surface area contributed by atoms with E-state index in [0.717, 1.165) is 16.7 Å². The minimum atomic E-state index is -3.69. The second-order valence-electron chi connectivity index (χ2n) is 6.57. The average Bonchev–Trinajstić information content (AvgIpc) is 2.66. The SMILES string of the molecule is C[C@@H](O)C(=O)N1CCc2ccc(S(=O)(=O)NCc3ccc(Cl)cc3)cc2C1. The first kappa shape index (κ1) is 19.8. The van der Waals surface area contributed by atoms with Gasteiger partial charge in [0.15, 0.2) is 0 Å². The predicted octanol–water partition coefficient (Wildman–Crippen LogP) is 2.08. The molecule has 27 heavy (non-hydrogen) atoms. The van der Waals surface area contributed by atoms with Gasteiger partial charge in [0.25, 0.3) is 5.91 Å². The normalized spacial score (nSPS) is 15.3. The van der Waals surface area contributed by atoms with Gasteiger partial charge in [-0.2, -0.15) is 0 Å². The Bertz CT molecular complexity index is 943. The number of aliphatic hydroxyl groups is 1. The molecule has 0 unspecified atom stereocenters. The second-order valence-corrected chi connectivity index (χ2v) is 8.77. The van der Waals surface area contributed by atoms with Gasteiger partial charge in [0.1, 0.15) is 6.10 Å². The number of nitrogens with one attached hydrogen (secondary N) is 1. The van der Waals surface area contributed by atoms with Crippen LogP contribution < -0.4 is 4.72 Å². The summed E-state index contributed by atoms with van der Waals surface area (Å²) in [5.74, 6) is -0.352. The number of halogens is 1. The molecule has 0 spiro atoms. The fourth-order valence-electron chi connectivity index (χ4n) is 3.02. The highest BCUT2D eigenvalue weighted by Crippen LogP contribution is 2.23. The summed E-state index contributed by atoms with van der Waals surface area (Å²) in [5, 5.41) is 10.1. The van der Waals surface area contributed by atoms with E-state index in [1.54, 1.807) is 47.4 Å². The standard InChI is InChI=1S/C19H21ClN2O4S/c1-13(23)19(24)22-9-8-15-4-7-18(10-16(15)12-22)27(25,26)21-11-14-2-5-17(20)6-3-14/h2-7,10,13,21,23H,8-9,11-12H2,1H3/t13-/m1/s1. The van der Waals surface area contributed by atoms with E-state index in [1.807, 2.05) is 0 Å². The summed E-state index contributed by atoms with van der Waals surface area (Å²) in [6.45, 7) is 2.39. The zero-order valence-electron chi connectivity index (χ0n) is 14.9. The maximum absolute atomic E-state index is 12.6. The Labute approximate surface area is 163 Å². The van der Waals surface area contributed by atoms with Gasteiger partial charge in [0.2, 0.25) is 10.0 Å². The Balaban J connectivity index is 1.76. The number of carbonyl (C=O) groups is 1. The van der Waals surface area contributed by atoms with Gasteiger partial charge in [-0.05, 0) is 54.3 Å². The Hall–Kier alpha value is -1.93. The molecule has 3 rings (SSSR count). The van der Waals surface area contributed by atoms with Crippen molar-refractivity contribution < 1.29 is 18.3 Å². The van der Waals surface area contributed by atoms with Crippen molar-refractivity contribution in [2.75, 3.05) is 6.54 Å². The number of amides is 1. The third kappa shape index (κ3) is 4.68. The largest absolute Gasteiger partial charge is 0.384 e. The van der Waals surface area contributed by atoms with Crippen LogP contribution in [-0.4, -0.2) is 37.0 Å². The smallest absolute Gasteiger partial charge is 0.251 e. The number of benzene rings is 2. The van der Waals surface area contributed by atoms with Crippen LogP contribution in [0.15, 0.2) is 47.4 Å². The summed E-state index contributed by atoms with van der Waals surface area (Å²) in [6.07, 6.45) is -0.439. The third-order valence-electron chi connectivity index (χ3n) is 4.55. The van der Waals surface area contributed by atoms with Gasteiger partial charge in [-0.25, -0.2) is 13.1 Å². The molecular formula is C19H21ClN2O4S. The van der Waals surface area contributed by atoms with Crippen LogP contribution in [0.2, 0.25) is 5.02 Å².